The van der Waals surface area contributed by atoms with E-state index in [0.29, 0.717) is 24.7 Å². The monoisotopic (exact) mass is 449 g/mol. The third kappa shape index (κ3) is 5.86. The lowest BCUT2D eigenvalue weighted by molar-refractivity contribution is 0.0785. The first-order chi connectivity index (χ1) is 15.0. The van der Waals surface area contributed by atoms with Gasteiger partial charge in [0.05, 0.1) is 11.7 Å². The highest BCUT2D eigenvalue weighted by molar-refractivity contribution is 6.76. The minimum absolute atomic E-state index is 0.315. The molecule has 0 atom stereocenters. The van der Waals surface area contributed by atoms with Crippen molar-refractivity contribution in [3.05, 3.63) is 36.0 Å². The van der Waals surface area contributed by atoms with Crippen LogP contribution in [0.1, 0.15) is 32.2 Å². The van der Waals surface area contributed by atoms with Crippen molar-refractivity contribution in [2.45, 2.75) is 65.3 Å². The lowest BCUT2D eigenvalue weighted by atomic mass is 10.1. The highest BCUT2D eigenvalue weighted by Gasteiger charge is 2.18. The van der Waals surface area contributed by atoms with E-state index in [1.807, 2.05) is 18.5 Å². The molecular formula is C24H31N5O2Si. The van der Waals surface area contributed by atoms with Crippen molar-refractivity contribution in [2.75, 3.05) is 6.61 Å². The smallest absolute Gasteiger partial charge is 0.170 e. The van der Waals surface area contributed by atoms with Crippen LogP contribution in [0, 0.1) is 23.2 Å². The van der Waals surface area contributed by atoms with Crippen LogP contribution >= 0.6 is 0 Å². The number of hydrogen-bond acceptors (Lipinski definition) is 5. The molecular weight excluding hydrogens is 418 g/mol. The Morgan fingerprint density at radius 2 is 1.97 bits per heavy atom. The van der Waals surface area contributed by atoms with Gasteiger partial charge in [0.2, 0.25) is 0 Å². The third-order valence-electron chi connectivity index (χ3n) is 4.98. The lowest BCUT2D eigenvalue weighted by Crippen LogP contribution is -2.22. The minimum Gasteiger partial charge on any atom is -0.378 e. The molecule has 0 amide bonds. The average molecular weight is 450 g/mol. The highest BCUT2D eigenvalue weighted by atomic mass is 28.3. The molecule has 3 rings (SSSR count). The molecule has 0 bridgehead atoms. The number of aliphatic hydroxyl groups is 1. The summed E-state index contributed by atoms with van der Waals surface area (Å²) in [6.07, 6.45) is 5.67. The van der Waals surface area contributed by atoms with Crippen LogP contribution in [0.4, 0.5) is 0 Å². The van der Waals surface area contributed by atoms with Crippen molar-refractivity contribution in [3.63, 3.8) is 0 Å². The summed E-state index contributed by atoms with van der Waals surface area (Å²) < 4.78 is 9.58. The molecule has 32 heavy (non-hydrogen) atoms. The van der Waals surface area contributed by atoms with Crippen LogP contribution in [0.25, 0.3) is 22.0 Å². The van der Waals surface area contributed by atoms with Gasteiger partial charge < -0.3 is 14.4 Å². The third-order valence-corrected chi connectivity index (χ3v) is 6.69. The number of nitrogens with zero attached hydrogens (tertiary/aromatic N) is 5. The van der Waals surface area contributed by atoms with E-state index in [-0.39, 0.29) is 0 Å². The summed E-state index contributed by atoms with van der Waals surface area (Å²) in [7, 11) is -1.16. The minimum atomic E-state index is -1.16. The number of aromatic nitrogens is 4. The quantitative estimate of drug-likeness (QED) is 0.331. The fourth-order valence-corrected chi connectivity index (χ4v) is 4.01. The number of hydrogen-bond donors (Lipinski definition) is 1. The molecule has 3 aromatic heterocycles. The molecule has 0 saturated heterocycles. The van der Waals surface area contributed by atoms with Gasteiger partial charge in [0, 0.05) is 50.1 Å². The normalized spacial score (nSPS) is 11.9. The van der Waals surface area contributed by atoms with Crippen molar-refractivity contribution in [2.24, 2.45) is 0 Å². The largest absolute Gasteiger partial charge is 0.378 e. The van der Waals surface area contributed by atoms with E-state index in [2.05, 4.69) is 59.1 Å². The maximum atomic E-state index is 9.91. The van der Waals surface area contributed by atoms with Gasteiger partial charge in [-0.1, -0.05) is 25.6 Å². The molecule has 0 radical (unpaired) electrons. The van der Waals surface area contributed by atoms with E-state index in [9.17, 15) is 10.4 Å². The molecule has 0 spiro atoms. The molecule has 1 N–H and O–H groups in total. The van der Waals surface area contributed by atoms with Crippen LogP contribution < -0.4 is 0 Å². The standard InChI is InChI=1S/C24H31N5O2Si/c1-7-28-15-20(19-12-18(26-14-23(19)28)8-9-24(2,3)30)21-16-29(27-22(21)13-25)17-31-10-11-32(4,5)6/h12,14-16,30H,7,10-11,17H2,1-6H3. The van der Waals surface area contributed by atoms with Gasteiger partial charge in [-0.25, -0.2) is 9.67 Å². The molecule has 0 aliphatic heterocycles. The van der Waals surface area contributed by atoms with Crippen molar-refractivity contribution in [1.82, 2.24) is 19.3 Å². The summed E-state index contributed by atoms with van der Waals surface area (Å²) in [4.78, 5) is 4.43. The first-order valence-electron chi connectivity index (χ1n) is 10.8. The Morgan fingerprint density at radius 3 is 2.59 bits per heavy atom. The van der Waals surface area contributed by atoms with Crippen LogP contribution in [-0.2, 0) is 18.0 Å². The molecule has 8 heteroatoms. The summed E-state index contributed by atoms with van der Waals surface area (Å²) in [5.41, 5.74) is 2.44. The summed E-state index contributed by atoms with van der Waals surface area (Å²) >= 11 is 0. The zero-order valence-electron chi connectivity index (χ0n) is 19.7. The average Bonchev–Trinajstić information content (AvgIpc) is 3.28. The van der Waals surface area contributed by atoms with E-state index in [1.54, 1.807) is 24.7 Å². The Balaban J connectivity index is 1.98. The Labute approximate surface area is 190 Å². The number of ether oxygens (including phenoxy) is 1. The van der Waals surface area contributed by atoms with Crippen LogP contribution in [-0.4, -0.2) is 44.7 Å². The fraction of sp³-hybridized carbons (Fsp3) is 0.458. The second-order valence-electron chi connectivity index (χ2n) is 9.62. The number of rotatable bonds is 7. The topological polar surface area (TPSA) is 88.9 Å². The Bertz CT molecular complexity index is 1210. The molecule has 168 valence electrons. The molecule has 0 aliphatic carbocycles. The number of aryl methyl sites for hydroxylation is 1. The van der Waals surface area contributed by atoms with Crippen LogP contribution in [0.5, 0.6) is 0 Å². The van der Waals surface area contributed by atoms with Gasteiger partial charge in [-0.3, -0.25) is 0 Å². The van der Waals surface area contributed by atoms with Crippen LogP contribution in [0.15, 0.2) is 24.7 Å². The van der Waals surface area contributed by atoms with Gasteiger partial charge in [0.15, 0.2) is 5.69 Å². The van der Waals surface area contributed by atoms with Crippen molar-refractivity contribution in [1.29, 1.82) is 5.26 Å². The molecule has 0 aromatic carbocycles. The molecule has 0 fully saturated rings. The van der Waals surface area contributed by atoms with Gasteiger partial charge in [0.25, 0.3) is 0 Å². The van der Waals surface area contributed by atoms with E-state index in [4.69, 9.17) is 4.74 Å². The predicted octanol–water partition coefficient (Wildman–Crippen LogP) is 4.23. The van der Waals surface area contributed by atoms with Crippen LogP contribution in [0.3, 0.4) is 0 Å². The first kappa shape index (κ1) is 23.7. The van der Waals surface area contributed by atoms with Crippen molar-refractivity contribution < 1.29 is 9.84 Å². The van der Waals surface area contributed by atoms with Gasteiger partial charge in [-0.2, -0.15) is 10.4 Å². The molecule has 0 saturated carbocycles. The Hall–Kier alpha value is -2.91. The van der Waals surface area contributed by atoms with Gasteiger partial charge in [-0.15, -0.1) is 0 Å². The maximum Gasteiger partial charge on any atom is 0.170 e. The van der Waals surface area contributed by atoms with Gasteiger partial charge in [-0.05, 0) is 38.8 Å². The molecule has 7 nitrogen and oxygen atoms in total. The number of nitriles is 1. The zero-order valence-corrected chi connectivity index (χ0v) is 20.7. The van der Waals surface area contributed by atoms with Crippen molar-refractivity contribution >= 4 is 19.0 Å². The zero-order chi connectivity index (χ0) is 23.5. The van der Waals surface area contributed by atoms with E-state index in [0.717, 1.165) is 34.6 Å². The molecule has 0 aliphatic rings. The van der Waals surface area contributed by atoms with E-state index < -0.39 is 13.7 Å². The molecule has 3 heterocycles. The summed E-state index contributed by atoms with van der Waals surface area (Å²) in [6, 6.07) is 5.20. The first-order valence-corrected chi connectivity index (χ1v) is 14.5. The SMILES string of the molecule is CCn1cc(-c2cn(COCC[Si](C)(C)C)nc2C#N)c2cc(C#CC(C)(C)O)ncc21. The van der Waals surface area contributed by atoms with Gasteiger partial charge in [0.1, 0.15) is 24.1 Å². The Kier molecular flexibility index (Phi) is 6.90. The lowest BCUT2D eigenvalue weighted by Gasteiger charge is -2.15. The second kappa shape index (κ2) is 9.29. The van der Waals surface area contributed by atoms with Crippen molar-refractivity contribution in [3.8, 4) is 29.0 Å². The fourth-order valence-electron chi connectivity index (χ4n) is 3.25. The highest BCUT2D eigenvalue weighted by Crippen LogP contribution is 2.32. The van der Waals surface area contributed by atoms with E-state index in [1.165, 1.54) is 0 Å². The van der Waals surface area contributed by atoms with Crippen LogP contribution in [0.2, 0.25) is 25.7 Å². The summed E-state index contributed by atoms with van der Waals surface area (Å²) in [6.45, 7) is 14.0. The number of fused-ring (bicyclic) bond motifs is 1. The van der Waals surface area contributed by atoms with Gasteiger partial charge >= 0.3 is 0 Å². The van der Waals surface area contributed by atoms with E-state index >= 15 is 0 Å². The Morgan fingerprint density at radius 1 is 1.22 bits per heavy atom. The molecule has 3 aromatic rings. The predicted molar refractivity (Wildman–Crippen MR) is 129 cm³/mol. The number of pyridine rings is 1. The second-order valence-corrected chi connectivity index (χ2v) is 15.2. The summed E-state index contributed by atoms with van der Waals surface area (Å²) in [5.74, 6) is 5.74. The maximum absolute atomic E-state index is 9.91. The summed E-state index contributed by atoms with van der Waals surface area (Å²) in [5, 5.41) is 25.0. The molecule has 0 unspecified atom stereocenters.